The number of nitrogens with zero attached hydrogens (tertiary/aromatic N) is 4. The minimum Gasteiger partial charge on any atom is -0.603 e. The van der Waals surface area contributed by atoms with Crippen LogP contribution in [-0.4, -0.2) is 98.1 Å². The SMILES string of the molecule is CCN1c2cc3c(cc2C(C)CC1(C)C)N=c1cc2c(cc1O3)=[N+](CCCC(=O)NCCCCCCNC(=O)N[C@H]1C[C@H](n3cc(C)c(=O)[nH]c3=O)O[C@@H]1COP(=O)(O)O[P+]([O-])(O)O[P+]([O-])(O)O)CCC2. The van der Waals surface area contributed by atoms with E-state index in [0.29, 0.717) is 31.7 Å². The summed E-state index contributed by atoms with van der Waals surface area (Å²) >= 11 is 0. The van der Waals surface area contributed by atoms with Gasteiger partial charge in [0.2, 0.25) is 11.3 Å². The molecule has 2 aromatic carbocycles. The van der Waals surface area contributed by atoms with Gasteiger partial charge in [-0.05, 0) is 77.0 Å². The number of urea groups is 1. The molecule has 1 aromatic heterocycles. The molecule has 71 heavy (non-hydrogen) atoms. The van der Waals surface area contributed by atoms with Gasteiger partial charge in [-0.3, -0.25) is 23.7 Å². The molecule has 3 aromatic rings. The van der Waals surface area contributed by atoms with Gasteiger partial charge in [-0.15, -0.1) is 0 Å². The Morgan fingerprint density at radius 3 is 2.51 bits per heavy atom. The van der Waals surface area contributed by atoms with E-state index in [2.05, 4.69) is 91.0 Å². The lowest BCUT2D eigenvalue weighted by atomic mass is 9.80. The summed E-state index contributed by atoms with van der Waals surface area (Å²) in [6, 6.07) is 6.96. The summed E-state index contributed by atoms with van der Waals surface area (Å²) in [5, 5.41) is 10.3. The lowest BCUT2D eigenvalue weighted by molar-refractivity contribution is -0.256. The third kappa shape index (κ3) is 14.1. The Hall–Kier alpha value is -4.25. The van der Waals surface area contributed by atoms with Crippen LogP contribution in [-0.2, 0) is 33.7 Å². The van der Waals surface area contributed by atoms with Crippen molar-refractivity contribution in [3.63, 3.8) is 0 Å². The maximum Gasteiger partial charge on any atom is 0.511 e. The largest absolute Gasteiger partial charge is 0.603 e. The first-order valence-corrected chi connectivity index (χ1v) is 28.3. The summed E-state index contributed by atoms with van der Waals surface area (Å²) < 4.78 is 40.4. The van der Waals surface area contributed by atoms with Crippen molar-refractivity contribution in [3.05, 3.63) is 78.7 Å². The van der Waals surface area contributed by atoms with Crippen LogP contribution < -0.4 is 61.9 Å². The molecule has 390 valence electrons. The number of fused-ring (bicyclic) bond motifs is 4. The Morgan fingerprint density at radius 2 is 1.79 bits per heavy atom. The van der Waals surface area contributed by atoms with E-state index in [4.69, 9.17) is 28.8 Å². The predicted octanol–water partition coefficient (Wildman–Crippen LogP) is 1.77. The molecule has 4 aliphatic heterocycles. The monoisotopic (exact) mass is 1050 g/mol. The number of nitrogens with one attached hydrogen (secondary N) is 4. The number of carbonyl (C=O) groups is 2. The van der Waals surface area contributed by atoms with Crippen molar-refractivity contribution in [1.82, 2.24) is 30.1 Å². The van der Waals surface area contributed by atoms with Gasteiger partial charge in [0.05, 0.1) is 18.7 Å². The maximum absolute atomic E-state index is 12.9. The molecule has 0 aliphatic carbocycles. The first-order chi connectivity index (χ1) is 33.4. The third-order valence-electron chi connectivity index (χ3n) is 13.0. The molecule has 3 unspecified atom stereocenters. The minimum absolute atomic E-state index is 0.0225. The van der Waals surface area contributed by atoms with Crippen LogP contribution in [0.3, 0.4) is 0 Å². The second-order valence-electron chi connectivity index (χ2n) is 18.9. The average molecular weight is 1050 g/mol. The number of hydrogen-bond donors (Lipinski definition) is 8. The van der Waals surface area contributed by atoms with Crippen molar-refractivity contribution < 1.29 is 66.1 Å². The fraction of sp³-hybridized carbons (Fsp3) is 0.591. The van der Waals surface area contributed by atoms with Crippen molar-refractivity contribution >= 4 is 47.5 Å². The molecule has 1 saturated heterocycles. The molecule has 8 N–H and O–H groups in total. The molecule has 4 aliphatic rings. The van der Waals surface area contributed by atoms with Crippen molar-refractivity contribution in [1.29, 1.82) is 0 Å². The normalized spacial score (nSPS) is 21.8. The van der Waals surface area contributed by atoms with Crippen LogP contribution in [0.25, 0.3) is 0 Å². The van der Waals surface area contributed by atoms with Gasteiger partial charge in [0.25, 0.3) is 5.56 Å². The zero-order valence-electron chi connectivity index (χ0n) is 40.3. The van der Waals surface area contributed by atoms with E-state index in [1.807, 2.05) is 0 Å². The zero-order valence-corrected chi connectivity index (χ0v) is 43.0. The number of benzene rings is 2. The zero-order chi connectivity index (χ0) is 51.5. The molecule has 24 nitrogen and oxygen atoms in total. The summed E-state index contributed by atoms with van der Waals surface area (Å²) in [5.74, 6) is 1.90. The number of aromatic amines is 1. The van der Waals surface area contributed by atoms with Gasteiger partial charge in [0, 0.05) is 84.2 Å². The van der Waals surface area contributed by atoms with Crippen LogP contribution in [0.1, 0.15) is 114 Å². The summed E-state index contributed by atoms with van der Waals surface area (Å²) in [6.07, 6.45) is 5.63. The first-order valence-electron chi connectivity index (χ1n) is 23.7. The van der Waals surface area contributed by atoms with E-state index in [1.54, 1.807) is 0 Å². The van der Waals surface area contributed by atoms with Gasteiger partial charge in [-0.25, -0.2) is 23.7 Å². The molecule has 27 heteroatoms. The second kappa shape index (κ2) is 22.5. The fourth-order valence-corrected chi connectivity index (χ4v) is 12.9. The third-order valence-corrected chi connectivity index (χ3v) is 16.8. The van der Waals surface area contributed by atoms with E-state index in [0.717, 1.165) is 90.6 Å². The van der Waals surface area contributed by atoms with Gasteiger partial charge in [-0.1, -0.05) is 24.1 Å². The Labute approximate surface area is 410 Å². The van der Waals surface area contributed by atoms with Crippen LogP contribution in [0.5, 0.6) is 11.5 Å². The smallest absolute Gasteiger partial charge is 0.511 e. The van der Waals surface area contributed by atoms with E-state index in [1.165, 1.54) is 29.9 Å². The van der Waals surface area contributed by atoms with Crippen molar-refractivity contribution in [2.45, 2.75) is 129 Å². The first kappa shape index (κ1) is 54.5. The molecule has 5 heterocycles. The highest BCUT2D eigenvalue weighted by molar-refractivity contribution is 7.70. The molecule has 3 amide bonds. The van der Waals surface area contributed by atoms with Gasteiger partial charge < -0.3 is 45.0 Å². The molecule has 6 atom stereocenters. The topological polar surface area (TPSA) is 334 Å². The Kier molecular flexibility index (Phi) is 17.3. The van der Waals surface area contributed by atoms with Gasteiger partial charge in [-0.2, -0.15) is 14.7 Å². The lowest BCUT2D eigenvalue weighted by Gasteiger charge is -2.47. The molecule has 0 bridgehead atoms. The minimum atomic E-state index is -5.80. The highest BCUT2D eigenvalue weighted by atomic mass is 31.3. The van der Waals surface area contributed by atoms with E-state index in [9.17, 15) is 43.3 Å². The number of phosphoric ester groups is 1. The number of aryl methyl sites for hydroxylation is 2. The summed E-state index contributed by atoms with van der Waals surface area (Å²) in [7, 11) is -17.0. The number of unbranched alkanes of at least 4 members (excludes halogenated alkanes) is 3. The van der Waals surface area contributed by atoms with Gasteiger partial charge in [0.15, 0.2) is 11.5 Å². The molecule has 1 fully saturated rings. The lowest BCUT2D eigenvalue weighted by Crippen LogP contribution is -2.48. The molecule has 0 saturated carbocycles. The molecular formula is C44H64N8O16P3+. The number of aromatic nitrogens is 2. The Morgan fingerprint density at radius 1 is 1.06 bits per heavy atom. The number of rotatable bonds is 21. The Bertz CT molecular complexity index is 2770. The van der Waals surface area contributed by atoms with Crippen LogP contribution in [0.4, 0.5) is 16.2 Å². The fourth-order valence-electron chi connectivity index (χ4n) is 9.84. The number of carbonyl (C=O) groups excluding carboxylic acids is 2. The van der Waals surface area contributed by atoms with E-state index in [-0.39, 0.29) is 30.0 Å². The van der Waals surface area contributed by atoms with Crippen LogP contribution >= 0.6 is 24.2 Å². The standard InChI is InChI=1S/C44H63N8O16P3/c1-6-52-35-23-37-32(20-30(35)27(2)24-44(52,4)5)47-31-19-29-13-11-17-50(34(29)22-36(31)65-37)18-12-14-39(53)45-15-9-7-8-10-16-46-42(55)48-33-21-40(51-25-28(3)41(54)49-43(51)56)66-38(33)26-64-70(60,61)68-71(62,63)67-69(57,58)59/h19-20,22-23,25,27,33,38,40H,6-18,21,24,26H2,1-5H3,(H7-,45,46,48,49,53,54,55,56,57,58,59,60,61,62,63)/p+1/t27?,33-,38+,40+/m0/s1. The van der Waals surface area contributed by atoms with Crippen LogP contribution in [0.15, 0.2) is 45.0 Å². The van der Waals surface area contributed by atoms with Gasteiger partial charge >= 0.3 is 35.9 Å². The quantitative estimate of drug-likeness (QED) is 0.0335. The van der Waals surface area contributed by atoms with Crippen molar-refractivity contribution in [2.75, 3.05) is 44.2 Å². The van der Waals surface area contributed by atoms with Crippen molar-refractivity contribution in [2.24, 2.45) is 4.99 Å². The van der Waals surface area contributed by atoms with E-state index >= 15 is 0 Å². The van der Waals surface area contributed by atoms with Crippen LogP contribution in [0.2, 0.25) is 0 Å². The number of amides is 3. The Balaban J connectivity index is 0.833. The number of hydrogen-bond acceptors (Lipinski definition) is 17. The number of H-pyrrole nitrogens is 1. The summed E-state index contributed by atoms with van der Waals surface area (Å²) in [6.45, 7) is 12.9. The predicted molar refractivity (Wildman–Crippen MR) is 257 cm³/mol. The molecule has 0 spiro atoms. The number of phosphoric acid groups is 3. The van der Waals surface area contributed by atoms with Crippen LogP contribution in [0, 0.1) is 6.92 Å². The highest BCUT2D eigenvalue weighted by Gasteiger charge is 2.51. The van der Waals surface area contributed by atoms with E-state index < -0.39 is 66.4 Å². The number of anilines is 1. The summed E-state index contributed by atoms with van der Waals surface area (Å²) in [4.78, 5) is 120. The number of ether oxygens (including phenoxy) is 2. The van der Waals surface area contributed by atoms with Crippen molar-refractivity contribution in [3.8, 4) is 11.5 Å². The van der Waals surface area contributed by atoms with Gasteiger partial charge in [0.1, 0.15) is 36.5 Å². The second-order valence-corrected chi connectivity index (χ2v) is 23.3. The summed E-state index contributed by atoms with van der Waals surface area (Å²) in [5.41, 5.74) is 3.32. The highest BCUT2D eigenvalue weighted by Crippen LogP contribution is 2.69. The molecule has 7 rings (SSSR count). The average Bonchev–Trinajstić information content (AvgIpc) is 3.66. The maximum atomic E-state index is 12.9. The molecule has 0 radical (unpaired) electrons. The molecular weight excluding hydrogens is 989 g/mol.